The summed E-state index contributed by atoms with van der Waals surface area (Å²) < 4.78 is 17.7. The molecule has 0 aliphatic heterocycles. The molecule has 0 fully saturated rings. The number of nitrogens with zero attached hydrogens (tertiary/aromatic N) is 1. The van der Waals surface area contributed by atoms with Gasteiger partial charge >= 0.3 is 6.03 Å². The lowest BCUT2D eigenvalue weighted by Gasteiger charge is -2.05. The average Bonchev–Trinajstić information content (AvgIpc) is 2.72. The van der Waals surface area contributed by atoms with Crippen LogP contribution in [0.3, 0.4) is 0 Å². The molecule has 0 atom stereocenters. The first-order valence-electron chi connectivity index (χ1n) is 5.36. The highest BCUT2D eigenvalue weighted by Gasteiger charge is 2.05. The van der Waals surface area contributed by atoms with Crippen LogP contribution in [-0.4, -0.2) is 11.2 Å². The van der Waals surface area contributed by atoms with Crippen LogP contribution >= 0.6 is 0 Å². The third kappa shape index (κ3) is 3.31. The number of rotatable bonds is 3. The van der Waals surface area contributed by atoms with Crippen molar-refractivity contribution < 1.29 is 13.7 Å². The molecule has 0 spiro atoms. The molecule has 0 unspecified atom stereocenters. The number of halogens is 1. The molecule has 0 bridgehead atoms. The summed E-state index contributed by atoms with van der Waals surface area (Å²) in [5.74, 6) is 0.613. The molecule has 0 saturated carbocycles. The van der Waals surface area contributed by atoms with E-state index in [2.05, 4.69) is 15.8 Å². The summed E-state index contributed by atoms with van der Waals surface area (Å²) in [7, 11) is 0. The molecule has 94 valence electrons. The van der Waals surface area contributed by atoms with Gasteiger partial charge in [-0.2, -0.15) is 0 Å². The number of hydrogen-bond acceptors (Lipinski definition) is 3. The molecule has 1 aromatic heterocycles. The number of carbonyl (C=O) groups is 1. The van der Waals surface area contributed by atoms with Gasteiger partial charge in [-0.05, 0) is 24.6 Å². The first-order chi connectivity index (χ1) is 8.63. The Kier molecular flexibility index (Phi) is 3.57. The highest BCUT2D eigenvalue weighted by molar-refractivity contribution is 5.88. The lowest BCUT2D eigenvalue weighted by molar-refractivity contribution is 0.251. The third-order valence-electron chi connectivity index (χ3n) is 2.21. The summed E-state index contributed by atoms with van der Waals surface area (Å²) in [6, 6.07) is 7.20. The first-order valence-corrected chi connectivity index (χ1v) is 5.36. The van der Waals surface area contributed by atoms with E-state index >= 15 is 0 Å². The van der Waals surface area contributed by atoms with E-state index in [1.807, 2.05) is 0 Å². The zero-order valence-corrected chi connectivity index (χ0v) is 9.74. The maximum Gasteiger partial charge on any atom is 0.320 e. The Morgan fingerprint density at radius 2 is 2.28 bits per heavy atom. The molecule has 2 rings (SSSR count). The van der Waals surface area contributed by atoms with E-state index in [0.717, 1.165) is 0 Å². The van der Waals surface area contributed by atoms with Crippen molar-refractivity contribution in [2.24, 2.45) is 0 Å². The van der Waals surface area contributed by atoms with E-state index in [0.29, 0.717) is 17.1 Å². The normalized spacial score (nSPS) is 10.1. The number of benzene rings is 1. The lowest BCUT2D eigenvalue weighted by Crippen LogP contribution is -2.28. The van der Waals surface area contributed by atoms with Gasteiger partial charge in [0.1, 0.15) is 11.6 Å². The molecule has 0 radical (unpaired) electrons. The largest absolute Gasteiger partial charge is 0.360 e. The van der Waals surface area contributed by atoms with Crippen molar-refractivity contribution in [3.8, 4) is 0 Å². The summed E-state index contributed by atoms with van der Waals surface area (Å²) in [5.41, 5.74) is 0.682. The van der Waals surface area contributed by atoms with Crippen molar-refractivity contribution in [1.29, 1.82) is 0 Å². The molecule has 1 aromatic carbocycles. The second-order valence-corrected chi connectivity index (χ2v) is 3.76. The number of urea groups is 1. The Labute approximate surface area is 103 Å². The molecule has 18 heavy (non-hydrogen) atoms. The number of amides is 2. The van der Waals surface area contributed by atoms with E-state index < -0.39 is 6.03 Å². The zero-order valence-electron chi connectivity index (χ0n) is 9.74. The minimum Gasteiger partial charge on any atom is -0.360 e. The van der Waals surface area contributed by atoms with Crippen LogP contribution in [0.2, 0.25) is 0 Å². The van der Waals surface area contributed by atoms with Gasteiger partial charge in [-0.15, -0.1) is 0 Å². The standard InChI is InChI=1S/C12H12FN3O2/c1-8-5-11(16-18-8)15-12(17)14-7-9-3-2-4-10(13)6-9/h2-6H,7H2,1H3,(H2,14,15,16,17). The third-order valence-corrected chi connectivity index (χ3v) is 2.21. The Balaban J connectivity index is 1.85. The van der Waals surface area contributed by atoms with Crippen LogP contribution in [0.1, 0.15) is 11.3 Å². The minimum atomic E-state index is -0.424. The van der Waals surface area contributed by atoms with Gasteiger partial charge in [-0.1, -0.05) is 17.3 Å². The zero-order chi connectivity index (χ0) is 13.0. The number of carbonyl (C=O) groups excluding carboxylic acids is 1. The van der Waals surface area contributed by atoms with Crippen LogP contribution in [0.15, 0.2) is 34.9 Å². The Bertz CT molecular complexity index is 554. The van der Waals surface area contributed by atoms with Gasteiger partial charge in [0.15, 0.2) is 5.82 Å². The molecule has 6 heteroatoms. The van der Waals surface area contributed by atoms with Gasteiger partial charge in [-0.25, -0.2) is 9.18 Å². The highest BCUT2D eigenvalue weighted by Crippen LogP contribution is 2.07. The lowest BCUT2D eigenvalue weighted by atomic mass is 10.2. The van der Waals surface area contributed by atoms with Crippen molar-refractivity contribution in [3.05, 3.63) is 47.5 Å². The van der Waals surface area contributed by atoms with Crippen molar-refractivity contribution >= 4 is 11.8 Å². The van der Waals surface area contributed by atoms with E-state index in [9.17, 15) is 9.18 Å². The number of anilines is 1. The van der Waals surface area contributed by atoms with Crippen molar-refractivity contribution in [2.75, 3.05) is 5.32 Å². The van der Waals surface area contributed by atoms with E-state index in [1.165, 1.54) is 12.1 Å². The second-order valence-electron chi connectivity index (χ2n) is 3.76. The average molecular weight is 249 g/mol. The molecule has 0 aliphatic carbocycles. The van der Waals surface area contributed by atoms with Gasteiger partial charge < -0.3 is 9.84 Å². The number of aromatic nitrogens is 1. The summed E-state index contributed by atoms with van der Waals surface area (Å²) >= 11 is 0. The topological polar surface area (TPSA) is 67.2 Å². The molecule has 2 amide bonds. The molecule has 1 heterocycles. The molecule has 0 aliphatic rings. The Morgan fingerprint density at radius 1 is 1.44 bits per heavy atom. The Hall–Kier alpha value is -2.37. The molecule has 5 nitrogen and oxygen atoms in total. The number of nitrogens with one attached hydrogen (secondary N) is 2. The van der Waals surface area contributed by atoms with Crippen LogP contribution in [0.25, 0.3) is 0 Å². The quantitative estimate of drug-likeness (QED) is 0.877. The van der Waals surface area contributed by atoms with E-state index in [-0.39, 0.29) is 12.4 Å². The first kappa shape index (κ1) is 12.1. The van der Waals surface area contributed by atoms with Crippen molar-refractivity contribution in [3.63, 3.8) is 0 Å². The summed E-state index contributed by atoms with van der Waals surface area (Å²) in [4.78, 5) is 11.5. The molecule has 0 saturated heterocycles. The van der Waals surface area contributed by atoms with Gasteiger partial charge in [-0.3, -0.25) is 5.32 Å². The van der Waals surface area contributed by atoms with Gasteiger partial charge in [0.25, 0.3) is 0 Å². The summed E-state index contributed by atoms with van der Waals surface area (Å²) in [6.45, 7) is 1.96. The van der Waals surface area contributed by atoms with Gasteiger partial charge in [0.05, 0.1) is 0 Å². The van der Waals surface area contributed by atoms with Gasteiger partial charge in [0, 0.05) is 12.6 Å². The van der Waals surface area contributed by atoms with Crippen LogP contribution in [0.4, 0.5) is 15.0 Å². The molecular formula is C12H12FN3O2. The van der Waals surface area contributed by atoms with E-state index in [4.69, 9.17) is 4.52 Å². The smallest absolute Gasteiger partial charge is 0.320 e. The number of hydrogen-bond donors (Lipinski definition) is 2. The van der Waals surface area contributed by atoms with Crippen LogP contribution in [0, 0.1) is 12.7 Å². The SMILES string of the molecule is Cc1cc(NC(=O)NCc2cccc(F)c2)no1. The predicted octanol–water partition coefficient (Wildman–Crippen LogP) is 2.44. The fraction of sp³-hybridized carbons (Fsp3) is 0.167. The van der Waals surface area contributed by atoms with Gasteiger partial charge in [0.2, 0.25) is 0 Å². The van der Waals surface area contributed by atoms with Crippen LogP contribution in [0.5, 0.6) is 0 Å². The van der Waals surface area contributed by atoms with Crippen molar-refractivity contribution in [2.45, 2.75) is 13.5 Å². The van der Waals surface area contributed by atoms with Crippen LogP contribution < -0.4 is 10.6 Å². The number of aryl methyl sites for hydroxylation is 1. The fourth-order valence-electron chi connectivity index (χ4n) is 1.42. The minimum absolute atomic E-state index is 0.237. The van der Waals surface area contributed by atoms with E-state index in [1.54, 1.807) is 25.1 Å². The highest BCUT2D eigenvalue weighted by atomic mass is 19.1. The molecule has 2 N–H and O–H groups in total. The second kappa shape index (κ2) is 5.31. The predicted molar refractivity (Wildman–Crippen MR) is 63.5 cm³/mol. The monoisotopic (exact) mass is 249 g/mol. The van der Waals surface area contributed by atoms with Crippen LogP contribution in [-0.2, 0) is 6.54 Å². The molecular weight excluding hydrogens is 237 g/mol. The van der Waals surface area contributed by atoms with Crippen molar-refractivity contribution in [1.82, 2.24) is 10.5 Å². The maximum atomic E-state index is 12.9. The molecule has 2 aromatic rings. The fourth-order valence-corrected chi connectivity index (χ4v) is 1.42. The summed E-state index contributed by atoms with van der Waals surface area (Å²) in [6.07, 6.45) is 0. The summed E-state index contributed by atoms with van der Waals surface area (Å²) in [5, 5.41) is 8.70. The Morgan fingerprint density at radius 3 is 2.94 bits per heavy atom. The maximum absolute atomic E-state index is 12.9.